The second-order valence-corrected chi connectivity index (χ2v) is 6.80. The molecule has 1 amide bonds. The van der Waals surface area contributed by atoms with Crippen LogP contribution in [0.15, 0.2) is 58.3 Å². The molecule has 2 aromatic heterocycles. The summed E-state index contributed by atoms with van der Waals surface area (Å²) in [5, 5.41) is 13.3. The molecule has 0 aliphatic rings. The number of halogens is 2. The van der Waals surface area contributed by atoms with E-state index in [0.29, 0.717) is 0 Å². The summed E-state index contributed by atoms with van der Waals surface area (Å²) in [6, 6.07) is 7.53. The summed E-state index contributed by atoms with van der Waals surface area (Å²) in [5.41, 5.74) is -2.50. The number of carbonyl (C=O) groups excluding carboxylic acids is 1. The van der Waals surface area contributed by atoms with Crippen molar-refractivity contribution in [1.82, 2.24) is 14.1 Å². The highest BCUT2D eigenvalue weighted by atomic mass is 19.1. The highest BCUT2D eigenvalue weighted by Gasteiger charge is 2.21. The van der Waals surface area contributed by atoms with Crippen LogP contribution in [0, 0.1) is 21.7 Å². The van der Waals surface area contributed by atoms with Crippen molar-refractivity contribution in [2.24, 2.45) is 7.05 Å². The lowest BCUT2D eigenvalue weighted by atomic mass is 10.2. The fourth-order valence-electron chi connectivity index (χ4n) is 3.30. The van der Waals surface area contributed by atoms with Gasteiger partial charge in [0.2, 0.25) is 5.82 Å². The van der Waals surface area contributed by atoms with Crippen molar-refractivity contribution in [2.75, 3.05) is 5.32 Å². The van der Waals surface area contributed by atoms with Gasteiger partial charge in [0.25, 0.3) is 11.5 Å². The zero-order valence-corrected chi connectivity index (χ0v) is 16.3. The van der Waals surface area contributed by atoms with Crippen LogP contribution >= 0.6 is 0 Å². The molecule has 0 radical (unpaired) electrons. The molecule has 0 fully saturated rings. The van der Waals surface area contributed by atoms with Gasteiger partial charge in [0, 0.05) is 25.0 Å². The third-order valence-corrected chi connectivity index (χ3v) is 4.75. The van der Waals surface area contributed by atoms with Crippen LogP contribution in [0.25, 0.3) is 16.7 Å². The van der Waals surface area contributed by atoms with Gasteiger partial charge >= 0.3 is 11.4 Å². The number of rotatable bonds is 4. The molecule has 0 spiro atoms. The van der Waals surface area contributed by atoms with Crippen molar-refractivity contribution in [3.63, 3.8) is 0 Å². The Morgan fingerprint density at radius 3 is 2.47 bits per heavy atom. The summed E-state index contributed by atoms with van der Waals surface area (Å²) in [6.07, 6.45) is 1.30. The quantitative estimate of drug-likeness (QED) is 0.371. The number of carbonyl (C=O) groups is 1. The minimum atomic E-state index is -1.07. The number of nitro benzene ring substituents is 1. The summed E-state index contributed by atoms with van der Waals surface area (Å²) in [7, 11) is 1.48. The molecule has 4 aromatic rings. The molecule has 0 saturated carbocycles. The molecule has 2 N–H and O–H groups in total. The number of hydrogen-bond acceptors (Lipinski definition) is 5. The third kappa shape index (κ3) is 3.43. The van der Waals surface area contributed by atoms with Crippen LogP contribution in [0.1, 0.15) is 10.4 Å². The Balaban J connectivity index is 1.80. The summed E-state index contributed by atoms with van der Waals surface area (Å²) in [4.78, 5) is 50.8. The molecular weight excluding hydrogens is 428 g/mol. The molecule has 4 rings (SSSR count). The average Bonchev–Trinajstić information content (AvgIpc) is 3.07. The summed E-state index contributed by atoms with van der Waals surface area (Å²) in [6.45, 7) is 0. The number of H-pyrrole nitrogens is 1. The van der Waals surface area contributed by atoms with Crippen LogP contribution in [0.3, 0.4) is 0 Å². The number of nitro groups is 1. The maximum atomic E-state index is 13.5. The fraction of sp³-hybridized carbons (Fsp3) is 0.0500. The molecule has 0 unspecified atom stereocenters. The van der Waals surface area contributed by atoms with E-state index < -0.39 is 39.4 Å². The number of aromatic nitrogens is 3. The molecule has 2 heterocycles. The Kier molecular flexibility index (Phi) is 4.89. The lowest BCUT2D eigenvalue weighted by Crippen LogP contribution is -2.34. The number of aromatic amines is 1. The Morgan fingerprint density at radius 1 is 1.12 bits per heavy atom. The Morgan fingerprint density at radius 2 is 1.81 bits per heavy atom. The minimum Gasteiger partial charge on any atom is -0.344 e. The second-order valence-electron chi connectivity index (χ2n) is 6.80. The van der Waals surface area contributed by atoms with Crippen LogP contribution in [0.4, 0.5) is 20.2 Å². The van der Waals surface area contributed by atoms with Crippen LogP contribution in [-0.2, 0) is 7.05 Å². The van der Waals surface area contributed by atoms with Crippen LogP contribution in [-0.4, -0.2) is 24.9 Å². The van der Waals surface area contributed by atoms with Crippen molar-refractivity contribution < 1.29 is 18.5 Å². The molecule has 10 nitrogen and oxygen atoms in total. The van der Waals surface area contributed by atoms with Gasteiger partial charge < -0.3 is 14.9 Å². The number of nitrogens with zero attached hydrogens (tertiary/aromatic N) is 3. The van der Waals surface area contributed by atoms with Gasteiger partial charge in [0.05, 0.1) is 21.7 Å². The van der Waals surface area contributed by atoms with Gasteiger partial charge in [0.15, 0.2) is 0 Å². The van der Waals surface area contributed by atoms with Gasteiger partial charge in [-0.05, 0) is 36.4 Å². The first kappa shape index (κ1) is 20.7. The SMILES string of the molecule is Cn1cc(C(=O)Nc2ccc(F)c([N+](=O)[O-])c2)c2[nH]c(=O)n(-c3ccc(F)cc3)c(=O)c21. The molecule has 12 heteroatoms. The molecule has 0 bridgehead atoms. The first-order chi connectivity index (χ1) is 15.2. The lowest BCUT2D eigenvalue weighted by molar-refractivity contribution is -0.387. The fourth-order valence-corrected chi connectivity index (χ4v) is 3.30. The van der Waals surface area contributed by atoms with E-state index in [9.17, 15) is 33.3 Å². The van der Waals surface area contributed by atoms with Crippen molar-refractivity contribution in [3.05, 3.63) is 96.8 Å². The average molecular weight is 441 g/mol. The predicted molar refractivity (Wildman–Crippen MR) is 110 cm³/mol. The minimum absolute atomic E-state index is 0.0100. The Labute approximate surface area is 176 Å². The van der Waals surface area contributed by atoms with Crippen LogP contribution in [0.2, 0.25) is 0 Å². The van der Waals surface area contributed by atoms with Gasteiger partial charge in [-0.15, -0.1) is 0 Å². The zero-order chi connectivity index (χ0) is 23.2. The Bertz CT molecular complexity index is 1520. The highest BCUT2D eigenvalue weighted by Crippen LogP contribution is 2.23. The van der Waals surface area contributed by atoms with Gasteiger partial charge in [-0.25, -0.2) is 13.8 Å². The molecule has 0 atom stereocenters. The molecule has 162 valence electrons. The summed E-state index contributed by atoms with van der Waals surface area (Å²) < 4.78 is 28.9. The summed E-state index contributed by atoms with van der Waals surface area (Å²) >= 11 is 0. The van der Waals surface area contributed by atoms with E-state index in [1.807, 2.05) is 0 Å². The molecule has 0 aliphatic carbocycles. The number of aryl methyl sites for hydroxylation is 1. The normalized spacial score (nSPS) is 11.0. The number of amides is 1. The molecular formula is C20H13F2N5O5. The van der Waals surface area contributed by atoms with E-state index in [4.69, 9.17) is 0 Å². The molecule has 0 aliphatic heterocycles. The van der Waals surface area contributed by atoms with E-state index in [0.717, 1.165) is 34.9 Å². The molecule has 0 saturated heterocycles. The number of anilines is 1. The van der Waals surface area contributed by atoms with E-state index in [1.165, 1.54) is 29.9 Å². The first-order valence-corrected chi connectivity index (χ1v) is 9.03. The maximum absolute atomic E-state index is 13.5. The standard InChI is InChI=1S/C20H13F2N5O5/c1-25-9-13(18(28)23-11-4-7-14(22)15(8-11)27(31)32)16-17(25)19(29)26(20(30)24-16)12-5-2-10(21)3-6-12/h2-9H,1H3,(H,23,28)(H,24,30). The van der Waals surface area contributed by atoms with Crippen molar-refractivity contribution in [3.8, 4) is 5.69 Å². The predicted octanol–water partition coefficient (Wildman–Crippen LogP) is 2.46. The molecule has 32 heavy (non-hydrogen) atoms. The lowest BCUT2D eigenvalue weighted by Gasteiger charge is -2.07. The summed E-state index contributed by atoms with van der Waals surface area (Å²) in [5.74, 6) is -2.40. The number of fused-ring (bicyclic) bond motifs is 1. The third-order valence-electron chi connectivity index (χ3n) is 4.75. The molecule has 2 aromatic carbocycles. The van der Waals surface area contributed by atoms with Gasteiger partial charge in [-0.2, -0.15) is 4.39 Å². The van der Waals surface area contributed by atoms with Crippen LogP contribution in [0.5, 0.6) is 0 Å². The number of benzene rings is 2. The highest BCUT2D eigenvalue weighted by molar-refractivity contribution is 6.11. The van der Waals surface area contributed by atoms with Gasteiger partial charge in [-0.3, -0.25) is 19.7 Å². The number of hydrogen-bond donors (Lipinski definition) is 2. The smallest absolute Gasteiger partial charge is 0.333 e. The Hall–Kier alpha value is -4.61. The van der Waals surface area contributed by atoms with Crippen molar-refractivity contribution >= 4 is 28.3 Å². The van der Waals surface area contributed by atoms with E-state index in [2.05, 4.69) is 10.3 Å². The van der Waals surface area contributed by atoms with Crippen molar-refractivity contribution in [1.29, 1.82) is 0 Å². The largest absolute Gasteiger partial charge is 0.344 e. The maximum Gasteiger partial charge on any atom is 0.333 e. The first-order valence-electron chi connectivity index (χ1n) is 9.03. The van der Waals surface area contributed by atoms with E-state index >= 15 is 0 Å². The number of nitrogens with one attached hydrogen (secondary N) is 2. The van der Waals surface area contributed by atoms with Gasteiger partial charge in [0.1, 0.15) is 11.3 Å². The van der Waals surface area contributed by atoms with Crippen LogP contribution < -0.4 is 16.6 Å². The topological polar surface area (TPSA) is 132 Å². The van der Waals surface area contributed by atoms with Crippen molar-refractivity contribution in [2.45, 2.75) is 0 Å². The van der Waals surface area contributed by atoms with Gasteiger partial charge in [-0.1, -0.05) is 0 Å². The van der Waals surface area contributed by atoms with E-state index in [1.54, 1.807) is 0 Å². The monoisotopic (exact) mass is 441 g/mol. The zero-order valence-electron chi connectivity index (χ0n) is 16.3. The second kappa shape index (κ2) is 7.58. The van der Waals surface area contributed by atoms with E-state index in [-0.39, 0.29) is 28.0 Å².